The highest BCUT2D eigenvalue weighted by Crippen LogP contribution is 2.36. The van der Waals surface area contributed by atoms with Crippen molar-refractivity contribution >= 4 is 23.4 Å². The van der Waals surface area contributed by atoms with Gasteiger partial charge in [-0.05, 0) is 48.7 Å². The van der Waals surface area contributed by atoms with Crippen molar-refractivity contribution in [3.63, 3.8) is 0 Å². The van der Waals surface area contributed by atoms with Gasteiger partial charge in [0.1, 0.15) is 11.5 Å². The number of carbonyl (C=O) groups excluding carboxylic acids is 2. The van der Waals surface area contributed by atoms with Gasteiger partial charge in [-0.2, -0.15) is 0 Å². The highest BCUT2D eigenvalue weighted by molar-refractivity contribution is 6.30. The van der Waals surface area contributed by atoms with Crippen molar-refractivity contribution in [3.8, 4) is 11.5 Å². The molecule has 1 aliphatic rings. The number of rotatable bonds is 8. The van der Waals surface area contributed by atoms with Gasteiger partial charge >= 0.3 is 0 Å². The Morgan fingerprint density at radius 3 is 2.29 bits per heavy atom. The molecule has 0 atom stereocenters. The predicted molar refractivity (Wildman–Crippen MR) is 136 cm³/mol. The van der Waals surface area contributed by atoms with Gasteiger partial charge in [0.15, 0.2) is 6.61 Å². The van der Waals surface area contributed by atoms with Crippen LogP contribution in [0.4, 0.5) is 0 Å². The molecule has 0 unspecified atom stereocenters. The number of methoxy groups -OCH3 is 1. The van der Waals surface area contributed by atoms with Crippen molar-refractivity contribution in [3.05, 3.63) is 95.0 Å². The summed E-state index contributed by atoms with van der Waals surface area (Å²) in [4.78, 5) is 28.2. The van der Waals surface area contributed by atoms with Crippen LogP contribution in [0.2, 0.25) is 5.02 Å². The molecule has 1 aliphatic heterocycles. The summed E-state index contributed by atoms with van der Waals surface area (Å²) in [5, 5.41) is 3.73. The van der Waals surface area contributed by atoms with Crippen molar-refractivity contribution in [2.45, 2.75) is 24.8 Å². The number of amides is 2. The average Bonchev–Trinajstić information content (AvgIpc) is 2.92. The molecule has 0 saturated carbocycles. The molecule has 0 bridgehead atoms. The largest absolute Gasteiger partial charge is 0.496 e. The van der Waals surface area contributed by atoms with Gasteiger partial charge in [-0.25, -0.2) is 0 Å². The van der Waals surface area contributed by atoms with E-state index < -0.39 is 5.41 Å². The quantitative estimate of drug-likeness (QED) is 0.499. The zero-order valence-electron chi connectivity index (χ0n) is 19.7. The fourth-order valence-electron chi connectivity index (χ4n) is 4.50. The fraction of sp³-hybridized carbons (Fsp3) is 0.286. The molecule has 1 fully saturated rings. The van der Waals surface area contributed by atoms with Crippen LogP contribution in [-0.4, -0.2) is 43.5 Å². The summed E-state index contributed by atoms with van der Waals surface area (Å²) in [6.45, 7) is 1.26. The minimum absolute atomic E-state index is 0.0425. The smallest absolute Gasteiger partial charge is 0.260 e. The van der Waals surface area contributed by atoms with E-state index in [1.54, 1.807) is 36.3 Å². The topological polar surface area (TPSA) is 67.9 Å². The second-order valence-corrected chi connectivity index (χ2v) is 9.00. The molecule has 6 nitrogen and oxygen atoms in total. The third-order valence-corrected chi connectivity index (χ3v) is 6.79. The van der Waals surface area contributed by atoms with Crippen molar-refractivity contribution < 1.29 is 19.1 Å². The van der Waals surface area contributed by atoms with Gasteiger partial charge < -0.3 is 19.7 Å². The lowest BCUT2D eigenvalue weighted by molar-refractivity contribution is -0.138. The minimum atomic E-state index is -0.711. The third-order valence-electron chi connectivity index (χ3n) is 6.54. The number of carbonyl (C=O) groups is 2. The lowest BCUT2D eigenvalue weighted by atomic mass is 9.72. The van der Waals surface area contributed by atoms with Crippen LogP contribution in [-0.2, 0) is 21.5 Å². The van der Waals surface area contributed by atoms with Crippen LogP contribution in [0.3, 0.4) is 0 Å². The van der Waals surface area contributed by atoms with Crippen LogP contribution >= 0.6 is 11.6 Å². The molecule has 0 spiro atoms. The lowest BCUT2D eigenvalue weighted by Gasteiger charge is -2.41. The number of hydrogen-bond donors (Lipinski definition) is 1. The van der Waals surface area contributed by atoms with Crippen molar-refractivity contribution in [1.29, 1.82) is 0 Å². The molecule has 1 saturated heterocycles. The van der Waals surface area contributed by atoms with E-state index in [2.05, 4.69) is 5.32 Å². The second-order valence-electron chi connectivity index (χ2n) is 8.57. The average molecular weight is 493 g/mol. The van der Waals surface area contributed by atoms with Crippen LogP contribution in [0, 0.1) is 0 Å². The number of ether oxygens (including phenoxy) is 2. The number of para-hydroxylation sites is 1. The maximum absolute atomic E-state index is 13.6. The molecule has 1 heterocycles. The molecule has 7 heteroatoms. The number of hydrogen-bond acceptors (Lipinski definition) is 4. The third kappa shape index (κ3) is 5.77. The summed E-state index contributed by atoms with van der Waals surface area (Å²) in [7, 11) is 1.62. The first-order valence-corrected chi connectivity index (χ1v) is 12.0. The van der Waals surface area contributed by atoms with Gasteiger partial charge in [0, 0.05) is 30.2 Å². The monoisotopic (exact) mass is 492 g/mol. The Bertz CT molecular complexity index is 1140. The number of benzene rings is 3. The first-order chi connectivity index (χ1) is 17.0. The van der Waals surface area contributed by atoms with E-state index in [9.17, 15) is 9.59 Å². The van der Waals surface area contributed by atoms with E-state index in [1.165, 1.54) is 0 Å². The highest BCUT2D eigenvalue weighted by atomic mass is 35.5. The van der Waals surface area contributed by atoms with Gasteiger partial charge in [-0.15, -0.1) is 0 Å². The molecule has 0 aromatic heterocycles. The van der Waals surface area contributed by atoms with E-state index in [1.807, 2.05) is 54.6 Å². The lowest BCUT2D eigenvalue weighted by Crippen LogP contribution is -2.53. The number of halogens is 1. The first-order valence-electron chi connectivity index (χ1n) is 11.6. The molecule has 4 rings (SSSR count). The molecule has 1 N–H and O–H groups in total. The van der Waals surface area contributed by atoms with Gasteiger partial charge in [-0.3, -0.25) is 9.59 Å². The van der Waals surface area contributed by atoms with E-state index in [-0.39, 0.29) is 18.4 Å². The van der Waals surface area contributed by atoms with Crippen LogP contribution in [0.15, 0.2) is 78.9 Å². The molecule has 3 aromatic carbocycles. The molecular formula is C28H29ClN2O4. The first kappa shape index (κ1) is 24.6. The maximum Gasteiger partial charge on any atom is 0.260 e. The second kappa shape index (κ2) is 11.3. The Balaban J connectivity index is 1.43. The van der Waals surface area contributed by atoms with Crippen LogP contribution in [0.5, 0.6) is 11.5 Å². The number of nitrogens with one attached hydrogen (secondary N) is 1. The summed E-state index contributed by atoms with van der Waals surface area (Å²) < 4.78 is 11.0. The minimum Gasteiger partial charge on any atom is -0.496 e. The normalized spacial score (nSPS) is 14.7. The number of piperidine rings is 1. The molecule has 182 valence electrons. The molecule has 35 heavy (non-hydrogen) atoms. The number of nitrogens with zero attached hydrogens (tertiary/aromatic N) is 1. The Morgan fingerprint density at radius 1 is 0.943 bits per heavy atom. The van der Waals surface area contributed by atoms with Gasteiger partial charge in [0.2, 0.25) is 5.91 Å². The number of likely N-dealkylation sites (tertiary alicyclic amines) is 1. The molecule has 2 amide bonds. The van der Waals surface area contributed by atoms with E-state index in [4.69, 9.17) is 21.1 Å². The Morgan fingerprint density at radius 2 is 1.60 bits per heavy atom. The molecule has 0 aliphatic carbocycles. The predicted octanol–water partition coefficient (Wildman–Crippen LogP) is 4.60. The standard InChI is InChI=1S/C28H29ClN2O4/c1-34-25-10-6-5-7-21(25)19-30-27(33)28(22-8-3-2-4-9-22)15-17-31(18-16-28)26(32)20-35-24-13-11-23(29)12-14-24/h2-14H,15-20H2,1H3,(H,30,33). The Hall–Kier alpha value is -3.51. The zero-order chi connectivity index (χ0) is 24.7. The van der Waals surface area contributed by atoms with E-state index in [0.29, 0.717) is 43.2 Å². The maximum atomic E-state index is 13.6. The zero-order valence-corrected chi connectivity index (χ0v) is 20.5. The van der Waals surface area contributed by atoms with Gasteiger partial charge in [-0.1, -0.05) is 60.1 Å². The fourth-order valence-corrected chi connectivity index (χ4v) is 4.63. The highest BCUT2D eigenvalue weighted by Gasteiger charge is 2.43. The van der Waals surface area contributed by atoms with E-state index in [0.717, 1.165) is 16.9 Å². The summed E-state index contributed by atoms with van der Waals surface area (Å²) in [5.41, 5.74) is 1.16. The van der Waals surface area contributed by atoms with Crippen molar-refractivity contribution in [2.24, 2.45) is 0 Å². The van der Waals surface area contributed by atoms with E-state index >= 15 is 0 Å². The summed E-state index contributed by atoms with van der Waals surface area (Å²) >= 11 is 5.90. The molecule has 0 radical (unpaired) electrons. The molecular weight excluding hydrogens is 464 g/mol. The Kier molecular flexibility index (Phi) is 7.93. The summed E-state index contributed by atoms with van der Waals surface area (Å²) in [5.74, 6) is 1.19. The van der Waals surface area contributed by atoms with Crippen molar-refractivity contribution in [1.82, 2.24) is 10.2 Å². The van der Waals surface area contributed by atoms with Crippen molar-refractivity contribution in [2.75, 3.05) is 26.8 Å². The van der Waals surface area contributed by atoms with Crippen LogP contribution < -0.4 is 14.8 Å². The Labute approximate surface area is 210 Å². The molecule has 3 aromatic rings. The van der Waals surface area contributed by atoms with Gasteiger partial charge in [0.25, 0.3) is 5.91 Å². The SMILES string of the molecule is COc1ccccc1CNC(=O)C1(c2ccccc2)CCN(C(=O)COc2ccc(Cl)cc2)CC1. The van der Waals surface area contributed by atoms with Crippen LogP contribution in [0.25, 0.3) is 0 Å². The van der Waals surface area contributed by atoms with Gasteiger partial charge in [0.05, 0.1) is 12.5 Å². The summed E-state index contributed by atoms with van der Waals surface area (Å²) in [6, 6.07) is 24.4. The van der Waals surface area contributed by atoms with Crippen LogP contribution in [0.1, 0.15) is 24.0 Å². The summed E-state index contributed by atoms with van der Waals surface area (Å²) in [6.07, 6.45) is 1.06.